The van der Waals surface area contributed by atoms with Crippen LogP contribution in [0.4, 0.5) is 0 Å². The van der Waals surface area contributed by atoms with E-state index < -0.39 is 0 Å². The molecule has 2 aromatic carbocycles. The highest BCUT2D eigenvalue weighted by atomic mass is 79.9. The Kier molecular flexibility index (Phi) is 2.64. The zero-order valence-electron chi connectivity index (χ0n) is 9.70. The number of benzene rings is 2. The van der Waals surface area contributed by atoms with Gasteiger partial charge in [0.2, 0.25) is 0 Å². The molecular weight excluding hydrogens is 272 g/mol. The van der Waals surface area contributed by atoms with Gasteiger partial charge in [-0.15, -0.1) is 0 Å². The molecule has 1 aliphatic carbocycles. The lowest BCUT2D eigenvalue weighted by Crippen LogP contribution is -1.87. The van der Waals surface area contributed by atoms with Crippen LogP contribution in [0, 0.1) is 0 Å². The minimum absolute atomic E-state index is 1.06. The largest absolute Gasteiger partial charge is 0.0766 e. The maximum Gasteiger partial charge on any atom is 0.0259 e. The first-order chi connectivity index (χ1) is 8.25. The van der Waals surface area contributed by atoms with Crippen LogP contribution in [0.25, 0.3) is 16.7 Å². The third-order valence-corrected chi connectivity index (χ3v) is 3.99. The molecule has 0 fully saturated rings. The van der Waals surface area contributed by atoms with Crippen LogP contribution in [0.5, 0.6) is 0 Å². The topological polar surface area (TPSA) is 0 Å². The van der Waals surface area contributed by atoms with E-state index in [0.29, 0.717) is 0 Å². The lowest BCUT2D eigenvalue weighted by atomic mass is 9.99. The molecule has 0 nitrogen and oxygen atoms in total. The molecular formula is C16H13Br. The van der Waals surface area contributed by atoms with Crippen LogP contribution in [-0.2, 0) is 6.42 Å². The van der Waals surface area contributed by atoms with Crippen LogP contribution < -0.4 is 0 Å². The highest BCUT2D eigenvalue weighted by Crippen LogP contribution is 2.36. The van der Waals surface area contributed by atoms with Gasteiger partial charge in [0, 0.05) is 4.47 Å². The van der Waals surface area contributed by atoms with E-state index in [9.17, 15) is 0 Å². The Labute approximate surface area is 110 Å². The molecule has 0 aliphatic heterocycles. The molecule has 0 aromatic heterocycles. The second kappa shape index (κ2) is 4.15. The Bertz CT molecular complexity index is 594. The molecule has 0 atom stereocenters. The van der Waals surface area contributed by atoms with E-state index >= 15 is 0 Å². The minimum atomic E-state index is 1.06. The van der Waals surface area contributed by atoms with Gasteiger partial charge in [-0.1, -0.05) is 52.3 Å². The number of halogens is 1. The zero-order valence-corrected chi connectivity index (χ0v) is 11.3. The fraction of sp³-hybridized carbons (Fsp3) is 0.125. The number of allylic oxidation sites excluding steroid dienone is 2. The van der Waals surface area contributed by atoms with Crippen molar-refractivity contribution >= 4 is 21.5 Å². The fourth-order valence-corrected chi connectivity index (χ4v) is 2.94. The standard InChI is InChI=1S/C16H13Br/c1-11-7-8-13-9-15(16(17)10-14(11)13)12-5-3-2-4-6-12/h2-7,9-10H,8H2,1H3. The predicted octanol–water partition coefficient (Wildman–Crippen LogP) is 5.08. The molecule has 1 heteroatoms. The summed E-state index contributed by atoms with van der Waals surface area (Å²) >= 11 is 3.69. The molecule has 17 heavy (non-hydrogen) atoms. The second-order valence-electron chi connectivity index (χ2n) is 4.45. The second-order valence-corrected chi connectivity index (χ2v) is 5.30. The van der Waals surface area contributed by atoms with Crippen molar-refractivity contribution in [2.75, 3.05) is 0 Å². The summed E-state index contributed by atoms with van der Waals surface area (Å²) in [7, 11) is 0. The van der Waals surface area contributed by atoms with Crippen LogP contribution in [0.1, 0.15) is 18.1 Å². The normalized spacial score (nSPS) is 13.4. The van der Waals surface area contributed by atoms with Gasteiger partial charge in [0.15, 0.2) is 0 Å². The first kappa shape index (κ1) is 10.8. The van der Waals surface area contributed by atoms with Crippen molar-refractivity contribution in [3.05, 3.63) is 64.1 Å². The van der Waals surface area contributed by atoms with Crippen LogP contribution in [-0.4, -0.2) is 0 Å². The average molecular weight is 285 g/mol. The van der Waals surface area contributed by atoms with E-state index in [1.165, 1.54) is 32.3 Å². The average Bonchev–Trinajstić information content (AvgIpc) is 2.71. The minimum Gasteiger partial charge on any atom is -0.0766 e. The summed E-state index contributed by atoms with van der Waals surface area (Å²) in [6.07, 6.45) is 3.36. The summed E-state index contributed by atoms with van der Waals surface area (Å²) in [6.45, 7) is 2.18. The van der Waals surface area contributed by atoms with Crippen LogP contribution >= 0.6 is 15.9 Å². The molecule has 0 saturated heterocycles. The lowest BCUT2D eigenvalue weighted by molar-refractivity contribution is 1.31. The van der Waals surface area contributed by atoms with E-state index in [4.69, 9.17) is 0 Å². The number of fused-ring (bicyclic) bond motifs is 1. The summed E-state index contributed by atoms with van der Waals surface area (Å²) in [5, 5.41) is 0. The van der Waals surface area contributed by atoms with Crippen molar-refractivity contribution in [1.29, 1.82) is 0 Å². The lowest BCUT2D eigenvalue weighted by Gasteiger charge is -2.09. The van der Waals surface area contributed by atoms with Gasteiger partial charge >= 0.3 is 0 Å². The predicted molar refractivity (Wildman–Crippen MR) is 76.9 cm³/mol. The Morgan fingerprint density at radius 3 is 2.53 bits per heavy atom. The highest BCUT2D eigenvalue weighted by Gasteiger charge is 2.14. The molecule has 2 aromatic rings. The van der Waals surface area contributed by atoms with Crippen molar-refractivity contribution in [1.82, 2.24) is 0 Å². The first-order valence-electron chi connectivity index (χ1n) is 5.80. The van der Waals surface area contributed by atoms with Gasteiger partial charge in [-0.25, -0.2) is 0 Å². The van der Waals surface area contributed by atoms with Crippen molar-refractivity contribution in [2.24, 2.45) is 0 Å². The molecule has 1 aliphatic rings. The van der Waals surface area contributed by atoms with Crippen molar-refractivity contribution in [3.8, 4) is 11.1 Å². The van der Waals surface area contributed by atoms with E-state index in [0.717, 1.165) is 6.42 Å². The van der Waals surface area contributed by atoms with Crippen LogP contribution in [0.3, 0.4) is 0 Å². The van der Waals surface area contributed by atoms with Gasteiger partial charge in [0.1, 0.15) is 0 Å². The summed E-state index contributed by atoms with van der Waals surface area (Å²) in [6, 6.07) is 15.1. The number of rotatable bonds is 1. The van der Waals surface area contributed by atoms with Crippen LogP contribution in [0.2, 0.25) is 0 Å². The van der Waals surface area contributed by atoms with Gasteiger partial charge in [-0.3, -0.25) is 0 Å². The SMILES string of the molecule is CC1=CCc2cc(-c3ccccc3)c(Br)cc21. The Morgan fingerprint density at radius 2 is 1.76 bits per heavy atom. The fourth-order valence-electron chi connectivity index (χ4n) is 2.37. The Morgan fingerprint density at radius 1 is 1.00 bits per heavy atom. The summed E-state index contributed by atoms with van der Waals surface area (Å²) in [5.74, 6) is 0. The monoisotopic (exact) mass is 284 g/mol. The quantitative estimate of drug-likeness (QED) is 0.685. The van der Waals surface area contributed by atoms with E-state index in [1.54, 1.807) is 0 Å². The first-order valence-corrected chi connectivity index (χ1v) is 6.60. The number of hydrogen-bond acceptors (Lipinski definition) is 0. The molecule has 0 N–H and O–H groups in total. The van der Waals surface area contributed by atoms with Crippen molar-refractivity contribution in [3.63, 3.8) is 0 Å². The zero-order chi connectivity index (χ0) is 11.8. The summed E-state index contributed by atoms with van der Waals surface area (Å²) in [5.41, 5.74) is 6.76. The molecule has 0 saturated carbocycles. The molecule has 3 rings (SSSR count). The van der Waals surface area contributed by atoms with Crippen molar-refractivity contribution < 1.29 is 0 Å². The van der Waals surface area contributed by atoms with E-state index in [-0.39, 0.29) is 0 Å². The third kappa shape index (κ3) is 1.85. The van der Waals surface area contributed by atoms with Gasteiger partial charge in [0.25, 0.3) is 0 Å². The number of hydrogen-bond donors (Lipinski definition) is 0. The molecule has 84 valence electrons. The third-order valence-electron chi connectivity index (χ3n) is 3.33. The summed E-state index contributed by atoms with van der Waals surface area (Å²) in [4.78, 5) is 0. The molecule has 0 spiro atoms. The van der Waals surface area contributed by atoms with Gasteiger partial charge in [-0.05, 0) is 53.3 Å². The van der Waals surface area contributed by atoms with Crippen LogP contribution in [0.15, 0.2) is 53.0 Å². The van der Waals surface area contributed by atoms with Gasteiger partial charge in [0.05, 0.1) is 0 Å². The summed E-state index contributed by atoms with van der Waals surface area (Å²) < 4.78 is 1.18. The molecule has 0 unspecified atom stereocenters. The van der Waals surface area contributed by atoms with Gasteiger partial charge < -0.3 is 0 Å². The Balaban J connectivity index is 2.16. The molecule has 0 amide bonds. The molecule has 0 heterocycles. The van der Waals surface area contributed by atoms with Crippen molar-refractivity contribution in [2.45, 2.75) is 13.3 Å². The smallest absolute Gasteiger partial charge is 0.0259 e. The Hall–Kier alpha value is -1.34. The highest BCUT2D eigenvalue weighted by molar-refractivity contribution is 9.10. The molecule has 0 radical (unpaired) electrons. The molecule has 0 bridgehead atoms. The van der Waals surface area contributed by atoms with E-state index in [2.05, 4.69) is 71.4 Å². The van der Waals surface area contributed by atoms with E-state index in [1.807, 2.05) is 0 Å². The van der Waals surface area contributed by atoms with Gasteiger partial charge in [-0.2, -0.15) is 0 Å². The maximum atomic E-state index is 3.69. The maximum absolute atomic E-state index is 3.69.